The Kier molecular flexibility index (Phi) is 6.53. The summed E-state index contributed by atoms with van der Waals surface area (Å²) < 4.78 is 5.38. The van der Waals surface area contributed by atoms with E-state index in [4.69, 9.17) is 4.74 Å². The Bertz CT molecular complexity index is 860. The van der Waals surface area contributed by atoms with Crippen molar-refractivity contribution >= 4 is 29.1 Å². The van der Waals surface area contributed by atoms with Crippen LogP contribution in [0.1, 0.15) is 12.0 Å². The number of aromatic amines is 1. The van der Waals surface area contributed by atoms with Crippen molar-refractivity contribution in [3.05, 3.63) is 48.5 Å². The zero-order valence-corrected chi connectivity index (χ0v) is 16.4. The predicted octanol–water partition coefficient (Wildman–Crippen LogP) is 3.14. The first kappa shape index (κ1) is 19.5. The van der Waals surface area contributed by atoms with Gasteiger partial charge in [0.1, 0.15) is 6.33 Å². The van der Waals surface area contributed by atoms with Crippen LogP contribution in [0, 0.1) is 0 Å². The number of nitrogens with zero attached hydrogens (tertiary/aromatic N) is 4. The molecule has 0 unspecified atom stereocenters. The van der Waals surface area contributed by atoms with Crippen molar-refractivity contribution in [1.82, 2.24) is 19.9 Å². The monoisotopic (exact) mass is 387 g/mol. The number of methoxy groups -OCH3 is 1. The highest BCUT2D eigenvalue weighted by atomic mass is 35.5. The lowest BCUT2D eigenvalue weighted by Crippen LogP contribution is -2.47. The normalized spacial score (nSPS) is 14.9. The van der Waals surface area contributed by atoms with E-state index in [2.05, 4.69) is 55.2 Å². The van der Waals surface area contributed by atoms with Gasteiger partial charge in [0.2, 0.25) is 0 Å². The number of hydrogen-bond acceptors (Lipinski definition) is 5. The summed E-state index contributed by atoms with van der Waals surface area (Å²) in [5.74, 6) is 1.65. The molecular weight excluding hydrogens is 362 g/mol. The van der Waals surface area contributed by atoms with Crippen molar-refractivity contribution in [2.24, 2.45) is 0 Å². The lowest BCUT2D eigenvalue weighted by Gasteiger charge is -2.35. The predicted molar refractivity (Wildman–Crippen MR) is 111 cm³/mol. The summed E-state index contributed by atoms with van der Waals surface area (Å²) in [5.41, 5.74) is 2.65. The average Bonchev–Trinajstić information content (AvgIpc) is 3.12. The van der Waals surface area contributed by atoms with Gasteiger partial charge in [-0.1, -0.05) is 18.2 Å². The largest absolute Gasteiger partial charge is 0.491 e. The number of fused-ring (bicyclic) bond motifs is 1. The van der Waals surface area contributed by atoms with E-state index in [-0.39, 0.29) is 12.4 Å². The van der Waals surface area contributed by atoms with Crippen LogP contribution >= 0.6 is 12.4 Å². The van der Waals surface area contributed by atoms with Gasteiger partial charge in [-0.3, -0.25) is 4.90 Å². The van der Waals surface area contributed by atoms with Crippen LogP contribution in [0.3, 0.4) is 0 Å². The smallest absolute Gasteiger partial charge is 0.179 e. The number of halogens is 1. The number of piperazine rings is 1. The Morgan fingerprint density at radius 3 is 2.78 bits per heavy atom. The molecule has 0 amide bonds. The molecule has 1 fully saturated rings. The molecule has 0 atom stereocenters. The van der Waals surface area contributed by atoms with Gasteiger partial charge in [0.05, 0.1) is 13.3 Å². The topological polar surface area (TPSA) is 57.3 Å². The molecule has 1 aliphatic rings. The number of para-hydroxylation sites is 1. The van der Waals surface area contributed by atoms with Gasteiger partial charge in [-0.2, -0.15) is 0 Å². The Balaban J connectivity index is 0.00000210. The summed E-state index contributed by atoms with van der Waals surface area (Å²) >= 11 is 0. The molecule has 0 bridgehead atoms. The molecular formula is C20H26ClN5O. The fourth-order valence-electron chi connectivity index (χ4n) is 3.71. The Labute approximate surface area is 166 Å². The molecule has 3 aromatic rings. The van der Waals surface area contributed by atoms with Gasteiger partial charge in [-0.05, 0) is 31.0 Å². The van der Waals surface area contributed by atoms with Crippen molar-refractivity contribution in [2.75, 3.05) is 44.7 Å². The molecule has 6 nitrogen and oxygen atoms in total. The summed E-state index contributed by atoms with van der Waals surface area (Å²) in [6.45, 7) is 5.19. The zero-order valence-electron chi connectivity index (χ0n) is 15.6. The second kappa shape index (κ2) is 9.06. The van der Waals surface area contributed by atoms with E-state index in [1.165, 1.54) is 22.9 Å². The second-order valence-corrected chi connectivity index (χ2v) is 6.71. The molecule has 1 aliphatic heterocycles. The van der Waals surface area contributed by atoms with Gasteiger partial charge in [0.15, 0.2) is 11.6 Å². The standard InChI is InChI=1S/C20H25N5O.ClH/c1-26-19-14-21-15-23-20(19)25-11-9-24(10-12-25)8-4-5-16-13-22-18-7-3-2-6-17(16)18;/h2-3,6-7,13-15,22H,4-5,8-12H2,1H3;1H. The van der Waals surface area contributed by atoms with E-state index < -0.39 is 0 Å². The minimum Gasteiger partial charge on any atom is -0.491 e. The highest BCUT2D eigenvalue weighted by molar-refractivity contribution is 5.85. The van der Waals surface area contributed by atoms with E-state index in [1.54, 1.807) is 19.6 Å². The van der Waals surface area contributed by atoms with Crippen LogP contribution < -0.4 is 9.64 Å². The number of aromatic nitrogens is 3. The number of anilines is 1. The molecule has 1 saturated heterocycles. The molecule has 7 heteroatoms. The van der Waals surface area contributed by atoms with Crippen LogP contribution in [0.4, 0.5) is 5.82 Å². The number of H-pyrrole nitrogens is 1. The molecule has 0 spiro atoms. The van der Waals surface area contributed by atoms with Crippen LogP contribution in [0.25, 0.3) is 10.9 Å². The number of nitrogens with one attached hydrogen (secondary N) is 1. The highest BCUT2D eigenvalue weighted by Crippen LogP contribution is 2.25. The average molecular weight is 388 g/mol. The molecule has 144 valence electrons. The van der Waals surface area contributed by atoms with E-state index >= 15 is 0 Å². The maximum atomic E-state index is 5.38. The molecule has 27 heavy (non-hydrogen) atoms. The first-order valence-electron chi connectivity index (χ1n) is 9.21. The second-order valence-electron chi connectivity index (χ2n) is 6.71. The first-order chi connectivity index (χ1) is 12.8. The Morgan fingerprint density at radius 2 is 1.96 bits per heavy atom. The molecule has 0 saturated carbocycles. The van der Waals surface area contributed by atoms with Crippen LogP contribution in [0.2, 0.25) is 0 Å². The van der Waals surface area contributed by atoms with Crippen molar-refractivity contribution < 1.29 is 4.74 Å². The number of benzene rings is 1. The summed E-state index contributed by atoms with van der Waals surface area (Å²) in [6.07, 6.45) is 7.77. The van der Waals surface area contributed by atoms with Gasteiger partial charge < -0.3 is 14.6 Å². The van der Waals surface area contributed by atoms with Crippen LogP contribution in [-0.4, -0.2) is 59.7 Å². The molecule has 1 N–H and O–H groups in total. The van der Waals surface area contributed by atoms with E-state index in [1.807, 2.05) is 0 Å². The maximum Gasteiger partial charge on any atom is 0.179 e. The fraction of sp³-hybridized carbons (Fsp3) is 0.400. The SMILES string of the molecule is COc1cncnc1N1CCN(CCCc2c[nH]c3ccccc23)CC1.Cl. The number of hydrogen-bond donors (Lipinski definition) is 1. The quantitative estimate of drug-likeness (QED) is 0.704. The van der Waals surface area contributed by atoms with Crippen LogP contribution in [0.5, 0.6) is 5.75 Å². The maximum absolute atomic E-state index is 5.38. The molecule has 0 radical (unpaired) electrons. The van der Waals surface area contributed by atoms with E-state index in [0.717, 1.165) is 50.7 Å². The van der Waals surface area contributed by atoms with E-state index in [9.17, 15) is 0 Å². The molecule has 0 aliphatic carbocycles. The Hall–Kier alpha value is -2.31. The van der Waals surface area contributed by atoms with Crippen LogP contribution in [0.15, 0.2) is 43.0 Å². The van der Waals surface area contributed by atoms with Crippen LogP contribution in [-0.2, 0) is 6.42 Å². The van der Waals surface area contributed by atoms with Crippen molar-refractivity contribution in [3.63, 3.8) is 0 Å². The number of aryl methyl sites for hydroxylation is 1. The van der Waals surface area contributed by atoms with Gasteiger partial charge in [-0.15, -0.1) is 12.4 Å². The van der Waals surface area contributed by atoms with Crippen molar-refractivity contribution in [2.45, 2.75) is 12.8 Å². The minimum absolute atomic E-state index is 0. The van der Waals surface area contributed by atoms with Gasteiger partial charge in [0.25, 0.3) is 0 Å². The third-order valence-corrected chi connectivity index (χ3v) is 5.15. The lowest BCUT2D eigenvalue weighted by atomic mass is 10.1. The Morgan fingerprint density at radius 1 is 1.15 bits per heavy atom. The van der Waals surface area contributed by atoms with Crippen molar-refractivity contribution in [3.8, 4) is 5.75 Å². The minimum atomic E-state index is 0. The summed E-state index contributed by atoms with van der Waals surface area (Å²) in [5, 5.41) is 1.35. The molecule has 3 heterocycles. The summed E-state index contributed by atoms with van der Waals surface area (Å²) in [6, 6.07) is 8.53. The lowest BCUT2D eigenvalue weighted by molar-refractivity contribution is 0.253. The molecule has 4 rings (SSSR count). The molecule has 1 aromatic carbocycles. The zero-order chi connectivity index (χ0) is 17.8. The third kappa shape index (κ3) is 4.34. The van der Waals surface area contributed by atoms with Gasteiger partial charge in [-0.25, -0.2) is 9.97 Å². The molecule has 2 aromatic heterocycles. The number of rotatable bonds is 6. The number of ether oxygens (including phenoxy) is 1. The van der Waals surface area contributed by atoms with Gasteiger partial charge in [0, 0.05) is 43.3 Å². The summed E-state index contributed by atoms with van der Waals surface area (Å²) in [7, 11) is 1.67. The fourth-order valence-corrected chi connectivity index (χ4v) is 3.71. The summed E-state index contributed by atoms with van der Waals surface area (Å²) in [4.78, 5) is 16.6. The van der Waals surface area contributed by atoms with Gasteiger partial charge >= 0.3 is 0 Å². The van der Waals surface area contributed by atoms with Crippen molar-refractivity contribution in [1.29, 1.82) is 0 Å². The van der Waals surface area contributed by atoms with E-state index in [0.29, 0.717) is 0 Å². The first-order valence-corrected chi connectivity index (χ1v) is 9.21. The third-order valence-electron chi connectivity index (χ3n) is 5.15. The highest BCUT2D eigenvalue weighted by Gasteiger charge is 2.20.